The van der Waals surface area contributed by atoms with E-state index >= 15 is 0 Å². The van der Waals surface area contributed by atoms with Crippen LogP contribution in [0.25, 0.3) is 44.5 Å². The van der Waals surface area contributed by atoms with Gasteiger partial charge in [0.05, 0.1) is 6.42 Å². The largest absolute Gasteiger partial charge is 2.00 e. The second kappa shape index (κ2) is 22.0. The maximum atomic E-state index is 12.6. The van der Waals surface area contributed by atoms with Crippen molar-refractivity contribution in [2.75, 3.05) is 0 Å². The van der Waals surface area contributed by atoms with Crippen molar-refractivity contribution in [1.29, 1.82) is 0 Å². The fourth-order valence-electron chi connectivity index (χ4n) is 5.77. The average molecular weight is 703 g/mol. The fraction of sp³-hybridized carbons (Fsp3) is 0.167. The van der Waals surface area contributed by atoms with Gasteiger partial charge in [-0.2, -0.15) is 6.08 Å². The van der Waals surface area contributed by atoms with Crippen LogP contribution in [0.5, 0.6) is 11.5 Å². The Morgan fingerprint density at radius 1 is 0.451 bits per heavy atom. The normalized spacial score (nSPS) is 10.7. The van der Waals surface area contributed by atoms with Crippen LogP contribution in [0, 0.1) is 12.2 Å². The van der Waals surface area contributed by atoms with Crippen molar-refractivity contribution in [2.45, 2.75) is 53.4 Å². The third-order valence-electron chi connectivity index (χ3n) is 8.22. The first-order valence-corrected chi connectivity index (χ1v) is 17.5. The molecule has 0 spiro atoms. The molecule has 0 radical (unpaired) electrons. The molecule has 0 saturated heterocycles. The summed E-state index contributed by atoms with van der Waals surface area (Å²) in [6.07, 6.45) is 11.0. The van der Waals surface area contributed by atoms with Gasteiger partial charge >= 0.3 is 21.7 Å². The monoisotopic (exact) mass is 702 g/mol. The van der Waals surface area contributed by atoms with Gasteiger partial charge in [0.15, 0.2) is 0 Å². The number of benzene rings is 6. The quantitative estimate of drug-likeness (QED) is 0.0855. The zero-order chi connectivity index (χ0) is 35.6. The first kappa shape index (κ1) is 40.5. The molecule has 6 rings (SSSR count). The summed E-state index contributed by atoms with van der Waals surface area (Å²) < 4.78 is 0. The summed E-state index contributed by atoms with van der Waals surface area (Å²) in [6.45, 7) is 8.64. The molecule has 0 atom stereocenters. The molecule has 2 nitrogen and oxygen atoms in total. The molecule has 254 valence electrons. The minimum absolute atomic E-state index is 0. The molecular formula is C48H46O2Ti. The second-order valence-electron chi connectivity index (χ2n) is 11.6. The molecule has 0 heterocycles. The third kappa shape index (κ3) is 11.5. The van der Waals surface area contributed by atoms with Gasteiger partial charge in [-0.05, 0) is 64.4 Å². The zero-order valence-electron chi connectivity index (χ0n) is 30.2. The van der Waals surface area contributed by atoms with Crippen LogP contribution in [0.2, 0.25) is 0 Å². The first-order valence-electron chi connectivity index (χ1n) is 17.5. The Kier molecular flexibility index (Phi) is 17.4. The molecule has 0 bridgehead atoms. The van der Waals surface area contributed by atoms with E-state index in [2.05, 4.69) is 39.8 Å². The fourth-order valence-corrected chi connectivity index (χ4v) is 5.77. The Morgan fingerprint density at radius 2 is 0.765 bits per heavy atom. The topological polar surface area (TPSA) is 46.1 Å². The van der Waals surface area contributed by atoms with Crippen molar-refractivity contribution in [3.05, 3.63) is 181 Å². The Labute approximate surface area is 320 Å². The van der Waals surface area contributed by atoms with E-state index in [1.807, 2.05) is 158 Å². The molecule has 3 heteroatoms. The third-order valence-corrected chi connectivity index (χ3v) is 8.22. The number of hydrogen-bond donors (Lipinski definition) is 0. The van der Waals surface area contributed by atoms with Crippen LogP contribution < -0.4 is 10.2 Å². The van der Waals surface area contributed by atoms with E-state index in [1.54, 1.807) is 0 Å². The summed E-state index contributed by atoms with van der Waals surface area (Å²) in [5, 5.41) is 25.1. The van der Waals surface area contributed by atoms with Gasteiger partial charge in [0.25, 0.3) is 0 Å². The Hall–Kier alpha value is -4.98. The van der Waals surface area contributed by atoms with Crippen molar-refractivity contribution in [3.8, 4) is 56.0 Å². The minimum atomic E-state index is 0. The second-order valence-corrected chi connectivity index (χ2v) is 11.6. The van der Waals surface area contributed by atoms with Crippen molar-refractivity contribution in [3.63, 3.8) is 0 Å². The molecule has 0 saturated carbocycles. The average Bonchev–Trinajstić information content (AvgIpc) is 3.18. The van der Waals surface area contributed by atoms with Gasteiger partial charge in [0, 0.05) is 12.0 Å². The smallest absolute Gasteiger partial charge is 0.872 e. The van der Waals surface area contributed by atoms with E-state index in [0.717, 1.165) is 70.2 Å². The molecule has 6 aromatic carbocycles. The number of para-hydroxylation sites is 2. The van der Waals surface area contributed by atoms with Gasteiger partial charge in [0.2, 0.25) is 0 Å². The predicted molar refractivity (Wildman–Crippen MR) is 208 cm³/mol. The molecule has 0 aliphatic carbocycles. The van der Waals surface area contributed by atoms with E-state index in [-0.39, 0.29) is 33.2 Å². The van der Waals surface area contributed by atoms with Gasteiger partial charge < -0.3 is 10.2 Å². The summed E-state index contributed by atoms with van der Waals surface area (Å²) in [6, 6.07) is 50.5. The van der Waals surface area contributed by atoms with Gasteiger partial charge in [-0.25, -0.2) is 0 Å². The maximum Gasteiger partial charge on any atom is 2.00 e. The van der Waals surface area contributed by atoms with Crippen LogP contribution in [0.4, 0.5) is 0 Å². The minimum Gasteiger partial charge on any atom is -0.872 e. The van der Waals surface area contributed by atoms with Crippen LogP contribution in [0.3, 0.4) is 0 Å². The van der Waals surface area contributed by atoms with E-state index < -0.39 is 0 Å². The molecule has 0 aliphatic rings. The van der Waals surface area contributed by atoms with Crippen molar-refractivity contribution in [2.24, 2.45) is 0 Å². The van der Waals surface area contributed by atoms with E-state index in [4.69, 9.17) is 0 Å². The van der Waals surface area contributed by atoms with Gasteiger partial charge in [0.1, 0.15) is 0 Å². The molecule has 51 heavy (non-hydrogen) atoms. The first-order chi connectivity index (χ1) is 24.5. The van der Waals surface area contributed by atoms with Gasteiger partial charge in [-0.3, -0.25) is 0 Å². The van der Waals surface area contributed by atoms with E-state index in [0.29, 0.717) is 0 Å². The van der Waals surface area contributed by atoms with Crippen LogP contribution in [0.15, 0.2) is 169 Å². The molecular weight excluding hydrogens is 656 g/mol. The molecule has 0 unspecified atom stereocenters. The summed E-state index contributed by atoms with van der Waals surface area (Å²) >= 11 is 0. The van der Waals surface area contributed by atoms with Crippen LogP contribution in [-0.2, 0) is 21.7 Å². The predicted octanol–water partition coefficient (Wildman–Crippen LogP) is 12.3. The molecule has 0 N–H and O–H groups in total. The number of rotatable bonds is 9. The standard InChI is InChI=1S/2C18H14O.C12H20.Ti/c2*19-18-16(14-8-3-1-4-9-14)12-7-13-17(18)15-10-5-2-6-11-15;1-5-9-11(7-3)12(8-4)10-6-2;/h2*1-13,19H;5-8H2,1-4H3;/q;;;+2/p-2. The Bertz CT molecular complexity index is 1670. The van der Waals surface area contributed by atoms with E-state index in [1.165, 1.54) is 11.1 Å². The molecule has 6 aromatic rings. The van der Waals surface area contributed by atoms with Crippen molar-refractivity contribution < 1.29 is 31.9 Å². The summed E-state index contributed by atoms with van der Waals surface area (Å²) in [5.74, 6) is 0.166. The summed E-state index contributed by atoms with van der Waals surface area (Å²) in [5.41, 5.74) is 9.59. The Morgan fingerprint density at radius 3 is 1.00 bits per heavy atom. The zero-order valence-corrected chi connectivity index (χ0v) is 31.7. The van der Waals surface area contributed by atoms with Crippen LogP contribution in [0.1, 0.15) is 53.4 Å². The van der Waals surface area contributed by atoms with Crippen molar-refractivity contribution in [1.82, 2.24) is 0 Å². The number of allylic oxidation sites excluding steroid dienone is 4. The molecule has 0 aliphatic heterocycles. The van der Waals surface area contributed by atoms with Gasteiger partial charge in [-0.15, -0.1) is 0 Å². The summed E-state index contributed by atoms with van der Waals surface area (Å²) in [4.78, 5) is 0. The van der Waals surface area contributed by atoms with Crippen LogP contribution in [-0.4, -0.2) is 0 Å². The van der Waals surface area contributed by atoms with Crippen molar-refractivity contribution >= 4 is 0 Å². The van der Waals surface area contributed by atoms with E-state index in [9.17, 15) is 10.2 Å². The maximum absolute atomic E-state index is 12.6. The van der Waals surface area contributed by atoms with Crippen LogP contribution >= 0.6 is 0 Å². The summed E-state index contributed by atoms with van der Waals surface area (Å²) in [7, 11) is 0. The SMILES string of the molecule is CC[C+]=C(CC)C(=[C-]CC)CC.[O-]c1c(-c2ccccc2)cccc1-c1ccccc1.[O-]c1c(-c2ccccc2)cccc1-c1ccccc1.[Ti+2]. The molecule has 0 fully saturated rings. The Balaban J connectivity index is 0.000000211. The molecule has 0 amide bonds. The van der Waals surface area contributed by atoms with Gasteiger partial charge in [-0.1, -0.05) is 201 Å². The number of hydrogen-bond acceptors (Lipinski definition) is 2. The molecule has 0 aromatic heterocycles.